The van der Waals surface area contributed by atoms with Crippen LogP contribution in [0, 0.1) is 0 Å². The highest BCUT2D eigenvalue weighted by molar-refractivity contribution is 5.85. The molecule has 2 aromatic carbocycles. The van der Waals surface area contributed by atoms with Gasteiger partial charge in [-0.3, -0.25) is 9.59 Å². The summed E-state index contributed by atoms with van der Waals surface area (Å²) in [5, 5.41) is 2.60. The molecular weight excluding hydrogens is 384 g/mol. The maximum Gasteiger partial charge on any atom is 0.387 e. The monoisotopic (exact) mass is 407 g/mol. The zero-order valence-corrected chi connectivity index (χ0v) is 16.4. The molecule has 0 aliphatic heterocycles. The van der Waals surface area contributed by atoms with E-state index in [0.29, 0.717) is 5.56 Å². The normalized spacial score (nSPS) is 11.1. The average molecular weight is 407 g/mol. The van der Waals surface area contributed by atoms with E-state index >= 15 is 0 Å². The van der Waals surface area contributed by atoms with Gasteiger partial charge in [-0.05, 0) is 37.1 Å². The molecule has 0 radical (unpaired) electrons. The molecule has 0 unspecified atom stereocenters. The van der Waals surface area contributed by atoms with E-state index in [0.717, 1.165) is 5.56 Å². The minimum atomic E-state index is -2.97. The summed E-state index contributed by atoms with van der Waals surface area (Å²) in [6, 6.07) is 13.4. The third kappa shape index (κ3) is 6.17. The lowest BCUT2D eigenvalue weighted by Gasteiger charge is -2.22. The van der Waals surface area contributed by atoms with Crippen molar-refractivity contribution < 1.29 is 32.6 Å². The van der Waals surface area contributed by atoms with Gasteiger partial charge in [-0.25, -0.2) is 0 Å². The Morgan fingerprint density at radius 1 is 1.07 bits per heavy atom. The SMILES string of the molecule is COc1cc(CNC(=O)COC(=O)C(C)(C)c2ccccc2)ccc1OC(F)F. The molecule has 0 aromatic heterocycles. The Morgan fingerprint density at radius 3 is 2.38 bits per heavy atom. The number of carbonyl (C=O) groups excluding carboxylic acids is 2. The number of halogens is 2. The molecule has 2 rings (SSSR count). The molecule has 0 saturated heterocycles. The molecule has 2 aromatic rings. The Kier molecular flexibility index (Phi) is 7.52. The molecule has 0 fully saturated rings. The molecule has 0 bridgehead atoms. The van der Waals surface area contributed by atoms with Gasteiger partial charge in [-0.15, -0.1) is 0 Å². The lowest BCUT2D eigenvalue weighted by Crippen LogP contribution is -2.35. The van der Waals surface area contributed by atoms with E-state index in [1.807, 2.05) is 30.3 Å². The Morgan fingerprint density at radius 2 is 1.76 bits per heavy atom. The van der Waals surface area contributed by atoms with E-state index < -0.39 is 30.5 Å². The summed E-state index contributed by atoms with van der Waals surface area (Å²) in [5.41, 5.74) is 0.492. The smallest absolute Gasteiger partial charge is 0.387 e. The van der Waals surface area contributed by atoms with E-state index in [1.165, 1.54) is 25.3 Å². The first-order chi connectivity index (χ1) is 13.7. The largest absolute Gasteiger partial charge is 0.493 e. The first-order valence-corrected chi connectivity index (χ1v) is 8.85. The Labute approximate surface area is 167 Å². The van der Waals surface area contributed by atoms with Crippen molar-refractivity contribution in [3.05, 3.63) is 59.7 Å². The van der Waals surface area contributed by atoms with Crippen LogP contribution < -0.4 is 14.8 Å². The van der Waals surface area contributed by atoms with Crippen molar-refractivity contribution in [2.24, 2.45) is 0 Å². The maximum absolute atomic E-state index is 12.4. The molecule has 0 aliphatic carbocycles. The number of carbonyl (C=O) groups is 2. The van der Waals surface area contributed by atoms with Gasteiger partial charge in [0, 0.05) is 6.54 Å². The number of methoxy groups -OCH3 is 1. The lowest BCUT2D eigenvalue weighted by atomic mass is 9.85. The lowest BCUT2D eigenvalue weighted by molar-refractivity contribution is -0.153. The van der Waals surface area contributed by atoms with Crippen LogP contribution in [0.5, 0.6) is 11.5 Å². The van der Waals surface area contributed by atoms with Crippen molar-refractivity contribution in [1.29, 1.82) is 0 Å². The predicted octanol–water partition coefficient (Wildman–Crippen LogP) is 3.43. The van der Waals surface area contributed by atoms with Crippen molar-refractivity contribution in [1.82, 2.24) is 5.32 Å². The number of benzene rings is 2. The van der Waals surface area contributed by atoms with Crippen LogP contribution in [0.2, 0.25) is 0 Å². The fourth-order valence-electron chi connectivity index (χ4n) is 2.55. The van der Waals surface area contributed by atoms with E-state index in [2.05, 4.69) is 10.1 Å². The van der Waals surface area contributed by atoms with Crippen LogP contribution in [0.4, 0.5) is 8.78 Å². The summed E-state index contributed by atoms with van der Waals surface area (Å²) in [7, 11) is 1.32. The van der Waals surface area contributed by atoms with Crippen molar-refractivity contribution in [2.75, 3.05) is 13.7 Å². The Balaban J connectivity index is 1.88. The second kappa shape index (κ2) is 9.86. The average Bonchev–Trinajstić information content (AvgIpc) is 2.71. The predicted molar refractivity (Wildman–Crippen MR) is 102 cm³/mol. The van der Waals surface area contributed by atoms with Crippen LogP contribution in [0.3, 0.4) is 0 Å². The number of ether oxygens (including phenoxy) is 3. The Hall–Kier alpha value is -3.16. The third-order valence-electron chi connectivity index (χ3n) is 4.27. The number of hydrogen-bond acceptors (Lipinski definition) is 5. The highest BCUT2D eigenvalue weighted by atomic mass is 19.3. The van der Waals surface area contributed by atoms with Gasteiger partial charge in [0.15, 0.2) is 18.1 Å². The summed E-state index contributed by atoms with van der Waals surface area (Å²) in [5.74, 6) is -0.995. The number of nitrogens with one attached hydrogen (secondary N) is 1. The number of amides is 1. The second-order valence-corrected chi connectivity index (χ2v) is 6.71. The zero-order valence-electron chi connectivity index (χ0n) is 16.4. The summed E-state index contributed by atoms with van der Waals surface area (Å²) in [4.78, 5) is 24.4. The molecule has 29 heavy (non-hydrogen) atoms. The first-order valence-electron chi connectivity index (χ1n) is 8.85. The summed E-state index contributed by atoms with van der Waals surface area (Å²) < 4.78 is 39.2. The fourth-order valence-corrected chi connectivity index (χ4v) is 2.55. The maximum atomic E-state index is 12.4. The van der Waals surface area contributed by atoms with Crippen LogP contribution in [-0.2, 0) is 26.3 Å². The fraction of sp³-hybridized carbons (Fsp3) is 0.333. The highest BCUT2D eigenvalue weighted by Gasteiger charge is 2.31. The molecule has 0 heterocycles. The molecule has 1 N–H and O–H groups in total. The van der Waals surface area contributed by atoms with Gasteiger partial charge < -0.3 is 19.5 Å². The minimum absolute atomic E-state index is 0.101. The topological polar surface area (TPSA) is 73.9 Å². The van der Waals surface area contributed by atoms with Crippen LogP contribution in [0.15, 0.2) is 48.5 Å². The van der Waals surface area contributed by atoms with Gasteiger partial charge in [-0.2, -0.15) is 8.78 Å². The van der Waals surface area contributed by atoms with Gasteiger partial charge in [0.05, 0.1) is 12.5 Å². The van der Waals surface area contributed by atoms with Gasteiger partial charge in [0.1, 0.15) is 0 Å². The Bertz CT molecular complexity index is 840. The first kappa shape index (κ1) is 22.1. The van der Waals surface area contributed by atoms with Crippen molar-refractivity contribution in [2.45, 2.75) is 32.4 Å². The summed E-state index contributed by atoms with van der Waals surface area (Å²) >= 11 is 0. The van der Waals surface area contributed by atoms with Gasteiger partial charge in [0.2, 0.25) is 0 Å². The zero-order chi connectivity index (χ0) is 21.4. The van der Waals surface area contributed by atoms with Crippen molar-refractivity contribution >= 4 is 11.9 Å². The van der Waals surface area contributed by atoms with E-state index in [1.54, 1.807) is 13.8 Å². The quantitative estimate of drug-likeness (QED) is 0.645. The minimum Gasteiger partial charge on any atom is -0.493 e. The molecule has 0 aliphatic rings. The van der Waals surface area contributed by atoms with E-state index in [-0.39, 0.29) is 18.0 Å². The van der Waals surface area contributed by atoms with Crippen molar-refractivity contribution in [3.8, 4) is 11.5 Å². The number of rotatable bonds is 9. The molecule has 0 saturated carbocycles. The summed E-state index contributed by atoms with van der Waals surface area (Å²) in [6.45, 7) is 0.141. The van der Waals surface area contributed by atoms with E-state index in [9.17, 15) is 18.4 Å². The van der Waals surface area contributed by atoms with Gasteiger partial charge in [-0.1, -0.05) is 36.4 Å². The van der Waals surface area contributed by atoms with Crippen LogP contribution >= 0.6 is 0 Å². The highest BCUT2D eigenvalue weighted by Crippen LogP contribution is 2.29. The second-order valence-electron chi connectivity index (χ2n) is 6.71. The molecular formula is C21H23F2NO5. The molecule has 0 spiro atoms. The molecule has 1 amide bonds. The number of hydrogen-bond donors (Lipinski definition) is 1. The third-order valence-corrected chi connectivity index (χ3v) is 4.27. The molecule has 156 valence electrons. The number of esters is 1. The standard InChI is InChI=1S/C21H23F2NO5/c1-21(2,15-7-5-4-6-8-15)19(26)28-13-18(25)24-12-14-9-10-16(29-20(22)23)17(11-14)27-3/h4-11,20H,12-13H2,1-3H3,(H,24,25). The van der Waals surface area contributed by atoms with Crippen molar-refractivity contribution in [3.63, 3.8) is 0 Å². The summed E-state index contributed by atoms with van der Waals surface area (Å²) in [6.07, 6.45) is 0. The molecule has 6 nitrogen and oxygen atoms in total. The van der Waals surface area contributed by atoms with E-state index in [4.69, 9.17) is 9.47 Å². The van der Waals surface area contributed by atoms with Crippen LogP contribution in [0.25, 0.3) is 0 Å². The van der Waals surface area contributed by atoms with Gasteiger partial charge >= 0.3 is 12.6 Å². The van der Waals surface area contributed by atoms with Crippen LogP contribution in [-0.4, -0.2) is 32.2 Å². The number of alkyl halides is 2. The molecule has 0 atom stereocenters. The van der Waals surface area contributed by atoms with Gasteiger partial charge in [0.25, 0.3) is 5.91 Å². The molecule has 8 heteroatoms. The van der Waals surface area contributed by atoms with Crippen LogP contribution in [0.1, 0.15) is 25.0 Å².